The van der Waals surface area contributed by atoms with Crippen LogP contribution in [0.4, 0.5) is 0 Å². The standard InChI is InChI=1S/C22H28N4O2/c1-14-10-15(2)17(20(11-14)28-3)12-21(27)26-9-6-19-18(13-26)22(25-24-19)16-4-7-23-8-5-16/h4-5,7-8,14-15H,6,9-13H2,1-3H3,(H,24,25). The van der Waals surface area contributed by atoms with Crippen LogP contribution in [-0.2, 0) is 22.5 Å². The summed E-state index contributed by atoms with van der Waals surface area (Å²) in [5.41, 5.74) is 5.38. The van der Waals surface area contributed by atoms with Crippen LogP contribution in [0.1, 0.15) is 44.4 Å². The largest absolute Gasteiger partial charge is 0.501 e. The Bertz CT molecular complexity index is 887. The number of carbonyl (C=O) groups is 1. The molecule has 1 aliphatic carbocycles. The predicted molar refractivity (Wildman–Crippen MR) is 107 cm³/mol. The number of H-pyrrole nitrogens is 1. The van der Waals surface area contributed by atoms with Gasteiger partial charge in [0.15, 0.2) is 0 Å². The lowest BCUT2D eigenvalue weighted by Crippen LogP contribution is -2.36. The van der Waals surface area contributed by atoms with E-state index in [9.17, 15) is 4.79 Å². The minimum Gasteiger partial charge on any atom is -0.501 e. The number of ether oxygens (including phenoxy) is 1. The van der Waals surface area contributed by atoms with Crippen LogP contribution in [0.25, 0.3) is 11.3 Å². The second-order valence-corrected chi connectivity index (χ2v) is 8.11. The summed E-state index contributed by atoms with van der Waals surface area (Å²) >= 11 is 0. The molecule has 0 radical (unpaired) electrons. The summed E-state index contributed by atoms with van der Waals surface area (Å²) in [6, 6.07) is 3.91. The fourth-order valence-corrected chi connectivity index (χ4v) is 4.57. The van der Waals surface area contributed by atoms with Gasteiger partial charge in [-0.3, -0.25) is 14.9 Å². The summed E-state index contributed by atoms with van der Waals surface area (Å²) in [6.45, 7) is 5.79. The second kappa shape index (κ2) is 7.78. The number of rotatable bonds is 4. The highest BCUT2D eigenvalue weighted by atomic mass is 16.5. The van der Waals surface area contributed by atoms with Crippen molar-refractivity contribution in [2.24, 2.45) is 11.8 Å². The van der Waals surface area contributed by atoms with Gasteiger partial charge in [-0.2, -0.15) is 5.10 Å². The van der Waals surface area contributed by atoms with Gasteiger partial charge in [0.1, 0.15) is 0 Å². The van der Waals surface area contributed by atoms with E-state index in [1.54, 1.807) is 19.5 Å². The van der Waals surface area contributed by atoms with Crippen molar-refractivity contribution >= 4 is 5.91 Å². The number of amides is 1. The molecule has 6 heteroatoms. The number of aromatic nitrogens is 3. The van der Waals surface area contributed by atoms with Gasteiger partial charge in [0.25, 0.3) is 0 Å². The molecule has 1 aliphatic heterocycles. The number of nitrogens with zero attached hydrogens (tertiary/aromatic N) is 3. The smallest absolute Gasteiger partial charge is 0.227 e. The van der Waals surface area contributed by atoms with E-state index in [4.69, 9.17) is 4.74 Å². The summed E-state index contributed by atoms with van der Waals surface area (Å²) in [6.07, 6.45) is 6.85. The average molecular weight is 380 g/mol. The maximum absolute atomic E-state index is 13.1. The SMILES string of the molecule is COC1=C(CC(=O)N2CCc3[nH]nc(-c4ccncc4)c3C2)C(C)CC(C)C1. The molecule has 3 heterocycles. The van der Waals surface area contributed by atoms with Gasteiger partial charge in [-0.05, 0) is 36.0 Å². The third kappa shape index (κ3) is 3.55. The van der Waals surface area contributed by atoms with Gasteiger partial charge in [-0.1, -0.05) is 13.8 Å². The number of methoxy groups -OCH3 is 1. The number of nitrogens with one attached hydrogen (secondary N) is 1. The number of allylic oxidation sites excluding steroid dienone is 1. The van der Waals surface area contributed by atoms with Crippen LogP contribution in [0.5, 0.6) is 0 Å². The van der Waals surface area contributed by atoms with Crippen molar-refractivity contribution in [2.75, 3.05) is 13.7 Å². The molecule has 0 saturated heterocycles. The lowest BCUT2D eigenvalue weighted by atomic mass is 9.80. The first-order valence-corrected chi connectivity index (χ1v) is 10.1. The van der Waals surface area contributed by atoms with E-state index < -0.39 is 0 Å². The maximum Gasteiger partial charge on any atom is 0.227 e. The lowest BCUT2D eigenvalue weighted by molar-refractivity contribution is -0.131. The Balaban J connectivity index is 1.53. The molecule has 2 aromatic heterocycles. The van der Waals surface area contributed by atoms with Crippen molar-refractivity contribution in [1.82, 2.24) is 20.1 Å². The highest BCUT2D eigenvalue weighted by molar-refractivity contribution is 5.80. The third-order valence-corrected chi connectivity index (χ3v) is 6.07. The average Bonchev–Trinajstić information content (AvgIpc) is 3.13. The van der Waals surface area contributed by atoms with Crippen LogP contribution < -0.4 is 0 Å². The Morgan fingerprint density at radius 1 is 1.32 bits per heavy atom. The summed E-state index contributed by atoms with van der Waals surface area (Å²) in [7, 11) is 1.73. The Hall–Kier alpha value is -2.63. The van der Waals surface area contributed by atoms with E-state index in [2.05, 4.69) is 29.0 Å². The van der Waals surface area contributed by atoms with Gasteiger partial charge in [-0.15, -0.1) is 0 Å². The summed E-state index contributed by atoms with van der Waals surface area (Å²) in [5.74, 6) is 2.19. The molecule has 1 N–H and O–H groups in total. The first-order chi connectivity index (χ1) is 13.6. The van der Waals surface area contributed by atoms with Crippen molar-refractivity contribution in [3.8, 4) is 11.3 Å². The first kappa shape index (κ1) is 18.7. The molecular formula is C22H28N4O2. The Labute approximate surface area is 166 Å². The molecule has 2 aromatic rings. The van der Waals surface area contributed by atoms with E-state index in [-0.39, 0.29) is 5.91 Å². The second-order valence-electron chi connectivity index (χ2n) is 8.11. The molecule has 0 fully saturated rings. The van der Waals surface area contributed by atoms with Crippen LogP contribution in [0.15, 0.2) is 35.9 Å². The van der Waals surface area contributed by atoms with Crippen molar-refractivity contribution < 1.29 is 9.53 Å². The molecule has 2 aliphatic rings. The quantitative estimate of drug-likeness (QED) is 0.878. The van der Waals surface area contributed by atoms with Crippen LogP contribution >= 0.6 is 0 Å². The van der Waals surface area contributed by atoms with E-state index in [0.717, 1.165) is 54.1 Å². The van der Waals surface area contributed by atoms with Crippen molar-refractivity contribution in [1.29, 1.82) is 0 Å². The van der Waals surface area contributed by atoms with Crippen molar-refractivity contribution in [3.63, 3.8) is 0 Å². The van der Waals surface area contributed by atoms with Gasteiger partial charge in [0.2, 0.25) is 5.91 Å². The third-order valence-electron chi connectivity index (χ3n) is 6.07. The molecule has 6 nitrogen and oxygen atoms in total. The number of hydrogen-bond acceptors (Lipinski definition) is 4. The summed E-state index contributed by atoms with van der Waals surface area (Å²) in [5, 5.41) is 7.66. The molecule has 2 unspecified atom stereocenters. The van der Waals surface area contributed by atoms with Crippen molar-refractivity contribution in [3.05, 3.63) is 47.1 Å². The molecule has 0 spiro atoms. The Kier molecular flexibility index (Phi) is 5.20. The number of fused-ring (bicyclic) bond motifs is 1. The molecule has 28 heavy (non-hydrogen) atoms. The lowest BCUT2D eigenvalue weighted by Gasteiger charge is -2.32. The Morgan fingerprint density at radius 3 is 2.86 bits per heavy atom. The van der Waals surface area contributed by atoms with Crippen LogP contribution in [0, 0.1) is 11.8 Å². The molecule has 0 aromatic carbocycles. The highest BCUT2D eigenvalue weighted by Gasteiger charge is 2.30. The molecule has 4 rings (SSSR count). The van der Waals surface area contributed by atoms with E-state index >= 15 is 0 Å². The molecular weight excluding hydrogens is 352 g/mol. The van der Waals surface area contributed by atoms with Crippen LogP contribution in [0.2, 0.25) is 0 Å². The topological polar surface area (TPSA) is 71.1 Å². The fourth-order valence-electron chi connectivity index (χ4n) is 4.57. The van der Waals surface area contributed by atoms with Gasteiger partial charge in [0, 0.05) is 55.1 Å². The number of carbonyl (C=O) groups excluding carboxylic acids is 1. The molecule has 2 atom stereocenters. The minimum absolute atomic E-state index is 0.179. The van der Waals surface area contributed by atoms with Crippen LogP contribution in [-0.4, -0.2) is 39.6 Å². The zero-order valence-corrected chi connectivity index (χ0v) is 16.9. The maximum atomic E-state index is 13.1. The van der Waals surface area contributed by atoms with Crippen LogP contribution in [0.3, 0.4) is 0 Å². The van der Waals surface area contributed by atoms with Gasteiger partial charge in [0.05, 0.1) is 25.0 Å². The Morgan fingerprint density at radius 2 is 2.11 bits per heavy atom. The fraction of sp³-hybridized carbons (Fsp3) is 0.500. The van der Waals surface area contributed by atoms with E-state index in [1.807, 2.05) is 17.0 Å². The van der Waals surface area contributed by atoms with E-state index in [1.165, 1.54) is 5.57 Å². The summed E-state index contributed by atoms with van der Waals surface area (Å²) in [4.78, 5) is 19.2. The summed E-state index contributed by atoms with van der Waals surface area (Å²) < 4.78 is 5.64. The monoisotopic (exact) mass is 380 g/mol. The molecule has 0 bridgehead atoms. The number of aromatic amines is 1. The molecule has 0 saturated carbocycles. The zero-order valence-electron chi connectivity index (χ0n) is 16.9. The number of hydrogen-bond donors (Lipinski definition) is 1. The first-order valence-electron chi connectivity index (χ1n) is 10.1. The molecule has 148 valence electrons. The van der Waals surface area contributed by atoms with Gasteiger partial charge in [-0.25, -0.2) is 0 Å². The minimum atomic E-state index is 0.179. The van der Waals surface area contributed by atoms with Gasteiger partial charge >= 0.3 is 0 Å². The zero-order chi connectivity index (χ0) is 19.7. The van der Waals surface area contributed by atoms with Crippen molar-refractivity contribution in [2.45, 2.75) is 46.1 Å². The predicted octanol–water partition coefficient (Wildman–Crippen LogP) is 3.71. The molecule has 1 amide bonds. The van der Waals surface area contributed by atoms with E-state index in [0.29, 0.717) is 24.8 Å². The normalized spacial score (nSPS) is 22.2. The van der Waals surface area contributed by atoms with Gasteiger partial charge < -0.3 is 9.64 Å². The highest BCUT2D eigenvalue weighted by Crippen LogP contribution is 2.36. The number of pyridine rings is 1.